The van der Waals surface area contributed by atoms with Crippen molar-refractivity contribution in [1.29, 1.82) is 5.26 Å². The maximum absolute atomic E-state index is 12.6. The monoisotopic (exact) mass is 397 g/mol. The van der Waals surface area contributed by atoms with Gasteiger partial charge in [0.05, 0.1) is 14.8 Å². The Bertz CT molecular complexity index is 1040. The van der Waals surface area contributed by atoms with Gasteiger partial charge in [0.25, 0.3) is 5.69 Å². The van der Waals surface area contributed by atoms with E-state index in [0.29, 0.717) is 0 Å². The first-order chi connectivity index (χ1) is 11.7. The zero-order chi connectivity index (χ0) is 18.8. The van der Waals surface area contributed by atoms with Crippen molar-refractivity contribution in [2.45, 2.75) is 4.90 Å². The van der Waals surface area contributed by atoms with E-state index >= 15 is 0 Å². The molecule has 25 heavy (non-hydrogen) atoms. The fraction of sp³-hybridized carbons (Fsp3) is 0. The largest absolute Gasteiger partial charge is 0.868 e. The van der Waals surface area contributed by atoms with Gasteiger partial charge >= 0.3 is 0 Å². The average molecular weight is 398 g/mol. The zero-order valence-electron chi connectivity index (χ0n) is 12.1. The number of hydrogen-bond acceptors (Lipinski definition) is 6. The van der Waals surface area contributed by atoms with Gasteiger partial charge in [-0.3, -0.25) is 10.1 Å². The van der Waals surface area contributed by atoms with Crippen LogP contribution in [0.4, 0.5) is 5.69 Å². The van der Waals surface area contributed by atoms with Crippen molar-refractivity contribution in [2.75, 3.05) is 0 Å². The average Bonchev–Trinajstić information content (AvgIpc) is 2.55. The van der Waals surface area contributed by atoms with Crippen molar-refractivity contribution in [3.05, 3.63) is 67.0 Å². The van der Waals surface area contributed by atoms with Crippen LogP contribution < -0.4 is 5.11 Å². The third-order valence-electron chi connectivity index (χ3n) is 3.06. The summed E-state index contributed by atoms with van der Waals surface area (Å²) >= 11 is 11.6. The standard InChI is InChI=1S/C15H8Cl2N2O5S/c16-10-2-3-12(17)15(7-10)25(23,24)11(8-18)5-9-1-4-14(20)13(6-9)19(21)22/h1-7,20H/p-1/b11-5+. The summed E-state index contributed by atoms with van der Waals surface area (Å²) in [5, 5.41) is 31.4. The van der Waals surface area contributed by atoms with Crippen molar-refractivity contribution < 1.29 is 18.4 Å². The molecule has 0 N–H and O–H groups in total. The van der Waals surface area contributed by atoms with Gasteiger partial charge in [0.2, 0.25) is 9.84 Å². The number of rotatable bonds is 4. The highest BCUT2D eigenvalue weighted by Gasteiger charge is 2.24. The van der Waals surface area contributed by atoms with Crippen LogP contribution in [0, 0.1) is 21.4 Å². The SMILES string of the molecule is N#C/C(=C\c1ccc([O-])c([N+](=O)[O-])c1)S(=O)(=O)c1cc(Cl)ccc1Cl. The van der Waals surface area contributed by atoms with E-state index in [9.17, 15) is 28.9 Å². The summed E-state index contributed by atoms with van der Waals surface area (Å²) in [5.41, 5.74) is -0.728. The highest BCUT2D eigenvalue weighted by Crippen LogP contribution is 2.31. The van der Waals surface area contributed by atoms with Crippen molar-refractivity contribution >= 4 is 44.8 Å². The van der Waals surface area contributed by atoms with Gasteiger partial charge in [-0.1, -0.05) is 35.3 Å². The number of halogens is 2. The summed E-state index contributed by atoms with van der Waals surface area (Å²) in [5.74, 6) is -0.832. The molecule has 0 spiro atoms. The van der Waals surface area contributed by atoms with Gasteiger partial charge in [0.15, 0.2) is 0 Å². The molecule has 0 atom stereocenters. The number of nitro groups is 1. The highest BCUT2D eigenvalue weighted by atomic mass is 35.5. The van der Waals surface area contributed by atoms with Crippen LogP contribution in [0.15, 0.2) is 46.2 Å². The van der Waals surface area contributed by atoms with Gasteiger partial charge < -0.3 is 5.11 Å². The third kappa shape index (κ3) is 3.91. The van der Waals surface area contributed by atoms with E-state index in [4.69, 9.17) is 23.2 Å². The fourth-order valence-corrected chi connectivity index (χ4v) is 3.80. The quantitative estimate of drug-likeness (QED) is 0.442. The highest BCUT2D eigenvalue weighted by molar-refractivity contribution is 7.95. The number of nitriles is 1. The number of allylic oxidation sites excluding steroid dienone is 1. The Morgan fingerprint density at radius 1 is 1.20 bits per heavy atom. The Kier molecular flexibility index (Phi) is 5.33. The number of nitro benzene ring substituents is 1. The molecule has 128 valence electrons. The second-order valence-corrected chi connectivity index (χ2v) is 7.41. The van der Waals surface area contributed by atoms with E-state index in [1.165, 1.54) is 24.3 Å². The second kappa shape index (κ2) is 7.11. The lowest BCUT2D eigenvalue weighted by Crippen LogP contribution is -2.05. The molecule has 2 rings (SSSR count). The van der Waals surface area contributed by atoms with E-state index in [2.05, 4.69) is 0 Å². The van der Waals surface area contributed by atoms with Gasteiger partial charge in [0.1, 0.15) is 11.0 Å². The van der Waals surface area contributed by atoms with Gasteiger partial charge in [-0.05, 0) is 35.6 Å². The minimum absolute atomic E-state index is 0.00424. The number of nitrogens with zero attached hydrogens (tertiary/aromatic N) is 2. The molecule has 0 amide bonds. The Labute approximate surface area is 152 Å². The van der Waals surface area contributed by atoms with E-state index in [1.54, 1.807) is 0 Å². The van der Waals surface area contributed by atoms with E-state index < -0.39 is 31.1 Å². The van der Waals surface area contributed by atoms with Crippen LogP contribution in [0.3, 0.4) is 0 Å². The van der Waals surface area contributed by atoms with Crippen LogP contribution in [0.2, 0.25) is 10.0 Å². The van der Waals surface area contributed by atoms with Crippen molar-refractivity contribution in [2.24, 2.45) is 0 Å². The summed E-state index contributed by atoms with van der Waals surface area (Å²) < 4.78 is 25.2. The molecular formula is C15H7Cl2N2O5S-. The molecule has 2 aromatic rings. The molecule has 0 aliphatic carbocycles. The number of benzene rings is 2. The van der Waals surface area contributed by atoms with Crippen LogP contribution in [0.5, 0.6) is 5.75 Å². The second-order valence-electron chi connectivity index (χ2n) is 4.68. The first-order valence-corrected chi connectivity index (χ1v) is 8.68. The summed E-state index contributed by atoms with van der Waals surface area (Å²) in [6.45, 7) is 0. The van der Waals surface area contributed by atoms with Crippen LogP contribution in [0.25, 0.3) is 6.08 Å². The van der Waals surface area contributed by atoms with E-state index in [-0.39, 0.29) is 20.5 Å². The molecule has 0 bridgehead atoms. The maximum Gasteiger partial charge on any atom is 0.262 e. The number of hydrogen-bond donors (Lipinski definition) is 0. The molecule has 0 heterocycles. The molecule has 2 aromatic carbocycles. The fourth-order valence-electron chi connectivity index (χ4n) is 1.89. The topological polar surface area (TPSA) is 124 Å². The van der Waals surface area contributed by atoms with Crippen molar-refractivity contribution in [1.82, 2.24) is 0 Å². The molecule has 0 fully saturated rings. The van der Waals surface area contributed by atoms with Crippen LogP contribution >= 0.6 is 23.2 Å². The molecule has 0 aromatic heterocycles. The molecule has 0 saturated carbocycles. The normalized spacial score (nSPS) is 11.8. The van der Waals surface area contributed by atoms with Gasteiger partial charge in [-0.25, -0.2) is 8.42 Å². The summed E-state index contributed by atoms with van der Waals surface area (Å²) in [7, 11) is -4.31. The first kappa shape index (κ1) is 18.7. The van der Waals surface area contributed by atoms with Gasteiger partial charge in [0, 0.05) is 11.1 Å². The predicted octanol–water partition coefficient (Wildman–Crippen LogP) is 3.31. The smallest absolute Gasteiger partial charge is 0.262 e. The van der Waals surface area contributed by atoms with Gasteiger partial charge in [-0.15, -0.1) is 0 Å². The molecule has 0 unspecified atom stereocenters. The zero-order valence-corrected chi connectivity index (χ0v) is 14.5. The third-order valence-corrected chi connectivity index (χ3v) is 5.44. The van der Waals surface area contributed by atoms with Crippen molar-refractivity contribution in [3.8, 4) is 11.8 Å². The Morgan fingerprint density at radius 2 is 1.88 bits per heavy atom. The minimum Gasteiger partial charge on any atom is -0.868 e. The predicted molar refractivity (Wildman–Crippen MR) is 89.8 cm³/mol. The lowest BCUT2D eigenvalue weighted by atomic mass is 10.2. The van der Waals surface area contributed by atoms with E-state index in [1.807, 2.05) is 0 Å². The molecule has 0 radical (unpaired) electrons. The summed E-state index contributed by atoms with van der Waals surface area (Å²) in [6.07, 6.45) is 0.916. The first-order valence-electron chi connectivity index (χ1n) is 6.44. The molecule has 7 nitrogen and oxygen atoms in total. The molecule has 10 heteroatoms. The van der Waals surface area contributed by atoms with Crippen molar-refractivity contribution in [3.63, 3.8) is 0 Å². The minimum atomic E-state index is -4.31. The Hall–Kier alpha value is -2.60. The maximum atomic E-state index is 12.6. The summed E-state index contributed by atoms with van der Waals surface area (Å²) in [6, 6.07) is 8.23. The molecule has 0 aliphatic heterocycles. The number of sulfone groups is 1. The molecule has 0 saturated heterocycles. The van der Waals surface area contributed by atoms with Crippen LogP contribution in [-0.4, -0.2) is 13.3 Å². The lowest BCUT2D eigenvalue weighted by molar-refractivity contribution is -0.398. The van der Waals surface area contributed by atoms with Crippen LogP contribution in [-0.2, 0) is 9.84 Å². The Morgan fingerprint density at radius 3 is 2.48 bits per heavy atom. The van der Waals surface area contributed by atoms with E-state index in [0.717, 1.165) is 24.3 Å². The summed E-state index contributed by atoms with van der Waals surface area (Å²) in [4.78, 5) is 8.83. The lowest BCUT2D eigenvalue weighted by Gasteiger charge is -2.08. The van der Waals surface area contributed by atoms with Crippen LogP contribution in [0.1, 0.15) is 5.56 Å². The van der Waals surface area contributed by atoms with Gasteiger partial charge in [-0.2, -0.15) is 5.26 Å². The Balaban J connectivity index is 2.62. The molecule has 0 aliphatic rings. The molecular weight excluding hydrogens is 391 g/mol.